The minimum Gasteiger partial charge on any atom is -0.489 e. The van der Waals surface area contributed by atoms with Crippen LogP contribution in [0.2, 0.25) is 0 Å². The molecule has 1 aromatic carbocycles. The van der Waals surface area contributed by atoms with Crippen LogP contribution in [0.15, 0.2) is 36.4 Å². The number of rotatable bonds is 4. The van der Waals surface area contributed by atoms with Crippen molar-refractivity contribution in [2.45, 2.75) is 20.0 Å². The van der Waals surface area contributed by atoms with Crippen molar-refractivity contribution in [2.75, 3.05) is 6.61 Å². The van der Waals surface area contributed by atoms with Gasteiger partial charge in [-0.3, -0.25) is 0 Å². The average Bonchev–Trinajstić information content (AvgIpc) is 2.15. The molecule has 0 radical (unpaired) electrons. The lowest BCUT2D eigenvalue weighted by Crippen LogP contribution is -2.02. The maximum atomic E-state index is 9.47. The van der Waals surface area contributed by atoms with Crippen LogP contribution in [0.3, 0.4) is 0 Å². The Morgan fingerprint density at radius 3 is 2.71 bits per heavy atom. The summed E-state index contributed by atoms with van der Waals surface area (Å²) in [6.45, 7) is 7.88. The predicted octanol–water partition coefficient (Wildman–Crippen LogP) is 2.69. The van der Waals surface area contributed by atoms with E-state index >= 15 is 0 Å². The van der Waals surface area contributed by atoms with Gasteiger partial charge < -0.3 is 9.84 Å². The Kier molecular flexibility index (Phi) is 3.72. The Balaban J connectivity index is 2.79. The fraction of sp³-hybridized carbons (Fsp3) is 0.333. The molecular formula is C12H16O2. The zero-order chi connectivity index (χ0) is 10.6. The zero-order valence-electron chi connectivity index (χ0n) is 8.66. The molecule has 0 fully saturated rings. The highest BCUT2D eigenvalue weighted by atomic mass is 16.5. The highest BCUT2D eigenvalue weighted by molar-refractivity contribution is 5.34. The molecule has 2 nitrogen and oxygen atoms in total. The highest BCUT2D eigenvalue weighted by Crippen LogP contribution is 2.24. The summed E-state index contributed by atoms with van der Waals surface area (Å²) in [4.78, 5) is 0. The van der Waals surface area contributed by atoms with Gasteiger partial charge in [0.2, 0.25) is 0 Å². The Labute approximate surface area is 84.8 Å². The van der Waals surface area contributed by atoms with Gasteiger partial charge in [0.15, 0.2) is 0 Å². The van der Waals surface area contributed by atoms with Crippen molar-refractivity contribution in [3.05, 3.63) is 42.0 Å². The fourth-order valence-corrected chi connectivity index (χ4v) is 1.16. The summed E-state index contributed by atoms with van der Waals surface area (Å²) < 4.78 is 5.50. The lowest BCUT2D eigenvalue weighted by Gasteiger charge is -2.12. The van der Waals surface area contributed by atoms with Gasteiger partial charge in [-0.1, -0.05) is 24.8 Å². The smallest absolute Gasteiger partial charge is 0.125 e. The van der Waals surface area contributed by atoms with Crippen LogP contribution in [-0.2, 0) is 0 Å². The third kappa shape index (κ3) is 2.89. The molecule has 0 spiro atoms. The summed E-state index contributed by atoms with van der Waals surface area (Å²) in [5.41, 5.74) is 1.78. The normalized spacial score (nSPS) is 12.2. The van der Waals surface area contributed by atoms with Crippen molar-refractivity contribution in [2.24, 2.45) is 0 Å². The van der Waals surface area contributed by atoms with E-state index in [1.54, 1.807) is 6.92 Å². The third-order valence-corrected chi connectivity index (χ3v) is 1.84. The largest absolute Gasteiger partial charge is 0.489 e. The van der Waals surface area contributed by atoms with Gasteiger partial charge >= 0.3 is 0 Å². The van der Waals surface area contributed by atoms with E-state index in [-0.39, 0.29) is 0 Å². The van der Waals surface area contributed by atoms with E-state index in [1.807, 2.05) is 31.2 Å². The van der Waals surface area contributed by atoms with Gasteiger partial charge in [0.25, 0.3) is 0 Å². The Morgan fingerprint density at radius 1 is 1.50 bits per heavy atom. The number of hydrogen-bond donors (Lipinski definition) is 1. The van der Waals surface area contributed by atoms with Crippen molar-refractivity contribution in [3.8, 4) is 5.75 Å². The van der Waals surface area contributed by atoms with E-state index in [0.29, 0.717) is 6.61 Å². The number of para-hydroxylation sites is 1. The van der Waals surface area contributed by atoms with Gasteiger partial charge in [0.05, 0.1) is 6.10 Å². The van der Waals surface area contributed by atoms with Gasteiger partial charge in [0, 0.05) is 5.56 Å². The zero-order valence-corrected chi connectivity index (χ0v) is 8.66. The quantitative estimate of drug-likeness (QED) is 0.743. The first-order valence-corrected chi connectivity index (χ1v) is 4.65. The third-order valence-electron chi connectivity index (χ3n) is 1.84. The molecule has 0 unspecified atom stereocenters. The molecular weight excluding hydrogens is 176 g/mol. The Hall–Kier alpha value is -1.28. The first-order valence-electron chi connectivity index (χ1n) is 4.65. The van der Waals surface area contributed by atoms with Gasteiger partial charge in [0.1, 0.15) is 12.4 Å². The molecule has 0 aliphatic heterocycles. The van der Waals surface area contributed by atoms with E-state index in [2.05, 4.69) is 6.58 Å². The monoisotopic (exact) mass is 192 g/mol. The molecule has 2 heteroatoms. The maximum absolute atomic E-state index is 9.47. The molecule has 1 atom stereocenters. The van der Waals surface area contributed by atoms with Crippen molar-refractivity contribution >= 4 is 0 Å². The molecule has 0 heterocycles. The number of aliphatic hydroxyl groups excluding tert-OH is 1. The number of benzene rings is 1. The lowest BCUT2D eigenvalue weighted by atomic mass is 10.1. The van der Waals surface area contributed by atoms with Crippen molar-refractivity contribution in [1.82, 2.24) is 0 Å². The van der Waals surface area contributed by atoms with E-state index in [1.165, 1.54) is 0 Å². The summed E-state index contributed by atoms with van der Waals surface area (Å²) in [6.07, 6.45) is -0.503. The van der Waals surface area contributed by atoms with Gasteiger partial charge in [-0.15, -0.1) is 0 Å². The summed E-state index contributed by atoms with van der Waals surface area (Å²) >= 11 is 0. The molecule has 1 rings (SSSR count). The lowest BCUT2D eigenvalue weighted by molar-refractivity contribution is 0.192. The molecule has 1 aromatic rings. The van der Waals surface area contributed by atoms with Gasteiger partial charge in [-0.2, -0.15) is 0 Å². The van der Waals surface area contributed by atoms with Crippen molar-refractivity contribution < 1.29 is 9.84 Å². The summed E-state index contributed by atoms with van der Waals surface area (Å²) in [6, 6.07) is 7.48. The fourth-order valence-electron chi connectivity index (χ4n) is 1.16. The Bertz CT molecular complexity index is 316. The van der Waals surface area contributed by atoms with E-state index in [4.69, 9.17) is 4.74 Å². The van der Waals surface area contributed by atoms with Crippen LogP contribution in [0.4, 0.5) is 0 Å². The first-order chi connectivity index (χ1) is 6.61. The second-order valence-corrected chi connectivity index (χ2v) is 3.46. The van der Waals surface area contributed by atoms with Crippen LogP contribution < -0.4 is 4.74 Å². The number of hydrogen-bond acceptors (Lipinski definition) is 2. The predicted molar refractivity (Wildman–Crippen MR) is 57.4 cm³/mol. The van der Waals surface area contributed by atoms with Crippen LogP contribution in [0.5, 0.6) is 5.75 Å². The van der Waals surface area contributed by atoms with E-state index in [9.17, 15) is 5.11 Å². The SMILES string of the molecule is C=C(C)COc1ccccc1[C@H](C)O. The molecule has 0 aliphatic carbocycles. The topological polar surface area (TPSA) is 29.5 Å². The van der Waals surface area contributed by atoms with Gasteiger partial charge in [-0.05, 0) is 25.5 Å². The van der Waals surface area contributed by atoms with Crippen molar-refractivity contribution in [3.63, 3.8) is 0 Å². The average molecular weight is 192 g/mol. The molecule has 76 valence electrons. The highest BCUT2D eigenvalue weighted by Gasteiger charge is 2.07. The molecule has 0 saturated heterocycles. The van der Waals surface area contributed by atoms with E-state index < -0.39 is 6.10 Å². The number of ether oxygens (including phenoxy) is 1. The maximum Gasteiger partial charge on any atom is 0.125 e. The van der Waals surface area contributed by atoms with Crippen LogP contribution >= 0.6 is 0 Å². The second-order valence-electron chi connectivity index (χ2n) is 3.46. The molecule has 0 aromatic heterocycles. The molecule has 0 amide bonds. The molecule has 0 bridgehead atoms. The standard InChI is InChI=1S/C12H16O2/c1-9(2)8-14-12-7-5-4-6-11(12)10(3)13/h4-7,10,13H,1,8H2,2-3H3/t10-/m0/s1. The molecule has 14 heavy (non-hydrogen) atoms. The minimum atomic E-state index is -0.503. The van der Waals surface area contributed by atoms with Gasteiger partial charge in [-0.25, -0.2) is 0 Å². The second kappa shape index (κ2) is 4.82. The van der Waals surface area contributed by atoms with Crippen LogP contribution in [-0.4, -0.2) is 11.7 Å². The van der Waals surface area contributed by atoms with Crippen LogP contribution in [0.1, 0.15) is 25.5 Å². The Morgan fingerprint density at radius 2 is 2.14 bits per heavy atom. The molecule has 1 N–H and O–H groups in total. The minimum absolute atomic E-state index is 0.490. The summed E-state index contributed by atoms with van der Waals surface area (Å²) in [5, 5.41) is 9.47. The van der Waals surface area contributed by atoms with Crippen molar-refractivity contribution in [1.29, 1.82) is 0 Å². The van der Waals surface area contributed by atoms with E-state index in [0.717, 1.165) is 16.9 Å². The van der Waals surface area contributed by atoms with Crippen LogP contribution in [0, 0.1) is 0 Å². The summed E-state index contributed by atoms with van der Waals surface area (Å²) in [7, 11) is 0. The van der Waals surface area contributed by atoms with Crippen LogP contribution in [0.25, 0.3) is 0 Å². The number of aliphatic hydroxyl groups is 1. The molecule has 0 saturated carbocycles. The first kappa shape index (κ1) is 10.8. The molecule has 0 aliphatic rings. The summed E-state index contributed by atoms with van der Waals surface area (Å²) in [5.74, 6) is 0.727.